The molecule has 0 radical (unpaired) electrons. The fraction of sp³-hybridized carbons (Fsp3) is 1.00. The Morgan fingerprint density at radius 1 is 0.800 bits per heavy atom. The predicted octanol–water partition coefficient (Wildman–Crippen LogP) is -0.621. The van der Waals surface area contributed by atoms with Crippen LogP contribution in [-0.2, 0) is 37.9 Å². The van der Waals surface area contributed by atoms with Crippen molar-refractivity contribution in [3.05, 3.63) is 0 Å². The molecule has 2 fully saturated rings. The van der Waals surface area contributed by atoms with Crippen molar-refractivity contribution in [2.24, 2.45) is 0 Å². The van der Waals surface area contributed by atoms with E-state index in [1.54, 1.807) is 14.2 Å². The zero-order chi connectivity index (χ0) is 21.9. The van der Waals surface area contributed by atoms with Crippen molar-refractivity contribution >= 4 is 0 Å². The minimum absolute atomic E-state index is 0.0218. The highest BCUT2D eigenvalue weighted by Crippen LogP contribution is 2.18. The Morgan fingerprint density at radius 2 is 1.40 bits per heavy atom. The first kappa shape index (κ1) is 25.9. The van der Waals surface area contributed by atoms with E-state index in [0.717, 1.165) is 0 Å². The van der Waals surface area contributed by atoms with Crippen LogP contribution >= 0.6 is 0 Å². The molecule has 2 N–H and O–H groups in total. The molecule has 2 saturated heterocycles. The third-order valence-electron chi connectivity index (χ3n) is 4.95. The third kappa shape index (κ3) is 10.3. The highest BCUT2D eigenvalue weighted by molar-refractivity contribution is 4.85. The molecule has 2 rings (SSSR count). The second-order valence-corrected chi connectivity index (χ2v) is 7.81. The van der Waals surface area contributed by atoms with Crippen LogP contribution in [-0.4, -0.2) is 126 Å². The largest absolute Gasteiger partial charge is 0.388 e. The maximum absolute atomic E-state index is 11.0. The molecule has 10 heteroatoms. The quantitative estimate of drug-likeness (QED) is 0.252. The van der Waals surface area contributed by atoms with Crippen LogP contribution in [0.1, 0.15) is 13.8 Å². The molecular weight excluding hydrogens is 400 g/mol. The van der Waals surface area contributed by atoms with Gasteiger partial charge in [0.2, 0.25) is 0 Å². The summed E-state index contributed by atoms with van der Waals surface area (Å²) in [6.45, 7) is 6.41. The van der Waals surface area contributed by atoms with E-state index in [1.807, 2.05) is 13.8 Å². The lowest BCUT2D eigenvalue weighted by atomic mass is 10.0. The van der Waals surface area contributed by atoms with Crippen LogP contribution in [0.25, 0.3) is 0 Å². The molecule has 0 aromatic carbocycles. The van der Waals surface area contributed by atoms with Crippen LogP contribution in [0.15, 0.2) is 0 Å². The number of aliphatic hydroxyl groups is 2. The summed E-state index contributed by atoms with van der Waals surface area (Å²) in [6, 6.07) is 0. The van der Waals surface area contributed by atoms with Crippen LogP contribution in [0.3, 0.4) is 0 Å². The minimum atomic E-state index is -1.15. The average Bonchev–Trinajstić information content (AvgIpc) is 3.65. The van der Waals surface area contributed by atoms with Gasteiger partial charge in [0.05, 0.1) is 65.1 Å². The number of rotatable bonds is 19. The highest BCUT2D eigenvalue weighted by atomic mass is 16.6. The van der Waals surface area contributed by atoms with E-state index in [9.17, 15) is 10.2 Å². The summed E-state index contributed by atoms with van der Waals surface area (Å²) >= 11 is 0. The monoisotopic (exact) mass is 438 g/mol. The van der Waals surface area contributed by atoms with Crippen molar-refractivity contribution < 1.29 is 48.1 Å². The maximum Gasteiger partial charge on any atom is 0.114 e. The van der Waals surface area contributed by atoms with E-state index < -0.39 is 24.4 Å². The van der Waals surface area contributed by atoms with E-state index in [1.165, 1.54) is 0 Å². The molecule has 0 spiro atoms. The Morgan fingerprint density at radius 3 is 2.00 bits per heavy atom. The van der Waals surface area contributed by atoms with Gasteiger partial charge in [0.25, 0.3) is 0 Å². The Balaban J connectivity index is 1.93. The molecule has 178 valence electrons. The summed E-state index contributed by atoms with van der Waals surface area (Å²) in [5.74, 6) is 0. The Kier molecular flexibility index (Phi) is 12.0. The van der Waals surface area contributed by atoms with Gasteiger partial charge in [-0.15, -0.1) is 0 Å². The van der Waals surface area contributed by atoms with E-state index in [2.05, 4.69) is 0 Å². The van der Waals surface area contributed by atoms with Crippen molar-refractivity contribution in [1.29, 1.82) is 0 Å². The first-order valence-electron chi connectivity index (χ1n) is 10.5. The molecular formula is C20H38O10. The number of aliphatic hydroxyl groups excluding tert-OH is 2. The van der Waals surface area contributed by atoms with Gasteiger partial charge >= 0.3 is 0 Å². The zero-order valence-electron chi connectivity index (χ0n) is 18.4. The van der Waals surface area contributed by atoms with Crippen molar-refractivity contribution in [2.45, 2.75) is 62.7 Å². The van der Waals surface area contributed by atoms with Gasteiger partial charge in [0, 0.05) is 14.2 Å². The summed E-state index contributed by atoms with van der Waals surface area (Å²) in [5.41, 5.74) is 0. The molecule has 30 heavy (non-hydrogen) atoms. The molecule has 10 nitrogen and oxygen atoms in total. The first-order valence-corrected chi connectivity index (χ1v) is 10.5. The molecule has 0 aromatic rings. The van der Waals surface area contributed by atoms with Crippen molar-refractivity contribution in [3.63, 3.8) is 0 Å². The highest BCUT2D eigenvalue weighted by Gasteiger charge is 2.37. The average molecular weight is 439 g/mol. The molecule has 0 saturated carbocycles. The SMILES string of the molecule is COC(C)COCC(O)C(OCC(C)OC)C(O)C(COCC1CO1)OCC1CO1. The number of hydrogen-bond acceptors (Lipinski definition) is 10. The summed E-state index contributed by atoms with van der Waals surface area (Å²) in [6.07, 6.45) is -4.07. The second-order valence-electron chi connectivity index (χ2n) is 7.81. The van der Waals surface area contributed by atoms with Gasteiger partial charge in [-0.3, -0.25) is 0 Å². The topological polar surface area (TPSA) is 121 Å². The Labute approximate surface area is 178 Å². The molecule has 0 bridgehead atoms. The molecule has 2 aliphatic heterocycles. The predicted molar refractivity (Wildman–Crippen MR) is 106 cm³/mol. The molecule has 0 aromatic heterocycles. The van der Waals surface area contributed by atoms with Crippen molar-refractivity contribution in [3.8, 4) is 0 Å². The van der Waals surface area contributed by atoms with Crippen LogP contribution in [0.5, 0.6) is 0 Å². The van der Waals surface area contributed by atoms with Crippen LogP contribution in [0, 0.1) is 0 Å². The number of ether oxygens (including phenoxy) is 8. The van der Waals surface area contributed by atoms with E-state index in [4.69, 9.17) is 37.9 Å². The third-order valence-corrected chi connectivity index (χ3v) is 4.95. The lowest BCUT2D eigenvalue weighted by molar-refractivity contribution is -0.179. The molecule has 8 atom stereocenters. The number of methoxy groups -OCH3 is 2. The lowest BCUT2D eigenvalue weighted by Crippen LogP contribution is -2.51. The van der Waals surface area contributed by atoms with Gasteiger partial charge in [-0.2, -0.15) is 0 Å². The lowest BCUT2D eigenvalue weighted by Gasteiger charge is -2.33. The van der Waals surface area contributed by atoms with E-state index in [-0.39, 0.29) is 44.2 Å². The van der Waals surface area contributed by atoms with Crippen molar-refractivity contribution in [1.82, 2.24) is 0 Å². The minimum Gasteiger partial charge on any atom is -0.388 e. The summed E-state index contributed by atoms with van der Waals surface area (Å²) in [5, 5.41) is 21.7. The Bertz CT molecular complexity index is 445. The normalized spacial score (nSPS) is 26.6. The molecule has 2 aliphatic rings. The summed E-state index contributed by atoms with van der Waals surface area (Å²) in [7, 11) is 3.16. The van der Waals surface area contributed by atoms with Gasteiger partial charge < -0.3 is 48.1 Å². The fourth-order valence-electron chi connectivity index (χ4n) is 2.60. The molecule has 0 amide bonds. The molecule has 2 heterocycles. The number of epoxide rings is 2. The van der Waals surface area contributed by atoms with Gasteiger partial charge in [-0.05, 0) is 13.8 Å². The molecule has 8 unspecified atom stereocenters. The van der Waals surface area contributed by atoms with Gasteiger partial charge in [-0.25, -0.2) is 0 Å². The molecule has 0 aliphatic carbocycles. The number of hydrogen-bond donors (Lipinski definition) is 2. The fourth-order valence-corrected chi connectivity index (χ4v) is 2.60. The standard InChI is InChI=1S/C20H38O10/c1-13(23-3)5-25-11-17(21)20(30-6-14(2)24-4)19(22)18(29-10-16-9-28-16)12-26-7-15-8-27-15/h13-22H,5-12H2,1-4H3. The Hall–Kier alpha value is -0.400. The van der Waals surface area contributed by atoms with Crippen LogP contribution in [0.4, 0.5) is 0 Å². The van der Waals surface area contributed by atoms with E-state index in [0.29, 0.717) is 33.0 Å². The van der Waals surface area contributed by atoms with Crippen LogP contribution in [0.2, 0.25) is 0 Å². The zero-order valence-corrected chi connectivity index (χ0v) is 18.4. The first-order chi connectivity index (χ1) is 14.4. The van der Waals surface area contributed by atoms with E-state index >= 15 is 0 Å². The van der Waals surface area contributed by atoms with Gasteiger partial charge in [0.15, 0.2) is 0 Å². The smallest absolute Gasteiger partial charge is 0.114 e. The second kappa shape index (κ2) is 13.9. The van der Waals surface area contributed by atoms with Crippen molar-refractivity contribution in [2.75, 3.05) is 67.1 Å². The van der Waals surface area contributed by atoms with Crippen LogP contribution < -0.4 is 0 Å². The summed E-state index contributed by atoms with van der Waals surface area (Å²) < 4.78 is 43.5. The maximum atomic E-state index is 11.0. The summed E-state index contributed by atoms with van der Waals surface area (Å²) in [4.78, 5) is 0. The van der Waals surface area contributed by atoms with Gasteiger partial charge in [-0.1, -0.05) is 0 Å². The van der Waals surface area contributed by atoms with Gasteiger partial charge in [0.1, 0.15) is 36.6 Å².